The molecule has 0 N–H and O–H groups in total. The van der Waals surface area contributed by atoms with E-state index in [0.29, 0.717) is 0 Å². The monoisotopic (exact) mass is 644 g/mol. The molecule has 0 fully saturated rings. The van der Waals surface area contributed by atoms with Gasteiger partial charge in [0.15, 0.2) is 0 Å². The molecular weight excluding hydrogens is 608 g/mol. The van der Waals surface area contributed by atoms with Crippen molar-refractivity contribution in [3.8, 4) is 0 Å². The fraction of sp³-hybridized carbons (Fsp3) is 0.545. The first kappa shape index (κ1) is 36.7. The summed E-state index contributed by atoms with van der Waals surface area (Å²) < 4.78 is 0. The van der Waals surface area contributed by atoms with E-state index in [0.717, 1.165) is 0 Å². The fourth-order valence-corrected chi connectivity index (χ4v) is 2.81. The van der Waals surface area contributed by atoms with Crippen LogP contribution in [0.1, 0.15) is 69.2 Å². The van der Waals surface area contributed by atoms with Crippen molar-refractivity contribution in [3.63, 3.8) is 0 Å². The zero-order valence-electron chi connectivity index (χ0n) is 19.2. The molecule has 0 aromatic rings. The van der Waals surface area contributed by atoms with E-state index in [1.807, 2.05) is 34.6 Å². The number of halogens is 4. The first-order valence-corrected chi connectivity index (χ1v) is 14.5. The summed E-state index contributed by atoms with van der Waals surface area (Å²) in [5.74, 6) is 2.94. The minimum atomic E-state index is 1.47. The van der Waals surface area contributed by atoms with Gasteiger partial charge in [0.2, 0.25) is 0 Å². The van der Waals surface area contributed by atoms with Crippen LogP contribution in [0, 0.1) is 11.8 Å². The van der Waals surface area contributed by atoms with Crippen LogP contribution in [-0.4, -0.2) is 12.8 Å². The molecule has 0 aromatic carbocycles. The molecule has 168 valence electrons. The summed E-state index contributed by atoms with van der Waals surface area (Å²) in [6, 6.07) is 0. The molecule has 0 nitrogen and oxygen atoms in total. The summed E-state index contributed by atoms with van der Waals surface area (Å²) in [6.45, 7) is 22.0. The van der Waals surface area contributed by atoms with Gasteiger partial charge in [0.1, 0.15) is 0 Å². The van der Waals surface area contributed by atoms with E-state index >= 15 is 0 Å². The van der Waals surface area contributed by atoms with E-state index in [2.05, 4.69) is 112 Å². The van der Waals surface area contributed by atoms with Crippen LogP contribution in [0.3, 0.4) is 0 Å². The maximum absolute atomic E-state index is 4.64. The molecule has 2 rings (SSSR count). The summed E-state index contributed by atoms with van der Waals surface area (Å²) in [4.78, 5) is 0. The molecule has 6 heteroatoms. The van der Waals surface area contributed by atoms with Gasteiger partial charge in [-0.2, -0.15) is 0 Å². The van der Waals surface area contributed by atoms with E-state index < -0.39 is 0 Å². The third-order valence-electron chi connectivity index (χ3n) is 5.62. The Bertz CT molecular complexity index is 461. The van der Waals surface area contributed by atoms with Crippen molar-refractivity contribution in [1.29, 1.82) is 0 Å². The molecule has 0 amide bonds. The van der Waals surface area contributed by atoms with E-state index in [-0.39, 0.29) is 0 Å². The van der Waals surface area contributed by atoms with Gasteiger partial charge in [-0.15, -0.1) is 23.2 Å². The SMILES string of the molecule is CCl.CCl.C[C]1C(C)=C(C)C(C)=C1C.C[C]1C(C)=C(C)C(C)=C1C.[Cl][Ru].[Cl][Ru]. The predicted octanol–water partition coefficient (Wildman–Crippen LogP) is 9.62. The van der Waals surface area contributed by atoms with Gasteiger partial charge >= 0.3 is 54.0 Å². The number of hydrogen-bond donors (Lipinski definition) is 0. The van der Waals surface area contributed by atoms with Gasteiger partial charge in [-0.25, -0.2) is 0 Å². The molecular formula is C22H36Cl4Ru2. The zero-order valence-corrected chi connectivity index (χ0v) is 25.7. The Morgan fingerprint density at radius 1 is 0.321 bits per heavy atom. The van der Waals surface area contributed by atoms with Crippen LogP contribution in [0.15, 0.2) is 44.6 Å². The van der Waals surface area contributed by atoms with Crippen LogP contribution in [0.2, 0.25) is 0 Å². The molecule has 0 aromatic heterocycles. The minimum absolute atomic E-state index is 1.47. The van der Waals surface area contributed by atoms with E-state index in [4.69, 9.17) is 0 Å². The summed E-state index contributed by atoms with van der Waals surface area (Å²) in [5, 5.41) is 0. The van der Waals surface area contributed by atoms with Gasteiger partial charge in [-0.05, 0) is 77.7 Å². The molecule has 0 bridgehead atoms. The first-order valence-electron chi connectivity index (χ1n) is 8.52. The van der Waals surface area contributed by atoms with E-state index in [1.54, 1.807) is 0 Å². The first-order chi connectivity index (χ1) is 13.1. The van der Waals surface area contributed by atoms with Gasteiger partial charge in [0.25, 0.3) is 0 Å². The van der Waals surface area contributed by atoms with Crippen molar-refractivity contribution >= 4 is 42.6 Å². The summed E-state index contributed by atoms with van der Waals surface area (Å²) in [5.41, 5.74) is 11.7. The normalized spacial score (nSPS) is 16.1. The van der Waals surface area contributed by atoms with E-state index in [1.165, 1.54) is 69.2 Å². The Kier molecular flexibility index (Phi) is 28.3. The van der Waals surface area contributed by atoms with Crippen molar-refractivity contribution in [2.75, 3.05) is 12.8 Å². The fourth-order valence-electron chi connectivity index (χ4n) is 2.81. The Morgan fingerprint density at radius 3 is 0.464 bits per heavy atom. The van der Waals surface area contributed by atoms with Crippen LogP contribution < -0.4 is 0 Å². The van der Waals surface area contributed by atoms with Crippen LogP contribution >= 0.6 is 42.6 Å². The molecule has 2 radical (unpaired) electrons. The molecule has 0 saturated carbocycles. The van der Waals surface area contributed by atoms with Gasteiger partial charge in [0, 0.05) is 24.6 Å². The molecule has 2 aliphatic carbocycles. The van der Waals surface area contributed by atoms with Gasteiger partial charge in [0.05, 0.1) is 0 Å². The standard InChI is InChI=1S/2C10H15.2CH3Cl.2ClH.2Ru/c2*1-6-7(2)9(4)10(5)8(6)3;2*1-2;;;;/h2*1-5H3;2*1H3;2*1H;;/q;;;;;;2*+1/p-2. The van der Waals surface area contributed by atoms with Gasteiger partial charge in [-0.1, -0.05) is 36.1 Å². The summed E-state index contributed by atoms with van der Waals surface area (Å²) in [7, 11) is 9.14. The topological polar surface area (TPSA) is 0 Å². The molecule has 0 aliphatic heterocycles. The molecule has 0 atom stereocenters. The van der Waals surface area contributed by atoms with E-state index in [9.17, 15) is 0 Å². The Morgan fingerprint density at radius 2 is 0.429 bits per heavy atom. The molecule has 0 saturated heterocycles. The van der Waals surface area contributed by atoms with Crippen molar-refractivity contribution in [3.05, 3.63) is 56.4 Å². The summed E-state index contributed by atoms with van der Waals surface area (Å²) in [6.07, 6.45) is 2.94. The maximum atomic E-state index is 4.64. The zero-order chi connectivity index (χ0) is 23.8. The second-order valence-electron chi connectivity index (χ2n) is 6.25. The van der Waals surface area contributed by atoms with Crippen LogP contribution in [0.4, 0.5) is 0 Å². The molecule has 0 unspecified atom stereocenters. The van der Waals surface area contributed by atoms with Gasteiger partial charge < -0.3 is 0 Å². The second kappa shape index (κ2) is 21.6. The van der Waals surface area contributed by atoms with Crippen molar-refractivity contribution in [2.45, 2.75) is 69.2 Å². The van der Waals surface area contributed by atoms with Gasteiger partial charge in [-0.3, -0.25) is 0 Å². The van der Waals surface area contributed by atoms with Crippen molar-refractivity contribution in [2.24, 2.45) is 0 Å². The average Bonchev–Trinajstić information content (AvgIpc) is 3.04. The molecule has 0 spiro atoms. The van der Waals surface area contributed by atoms with Crippen LogP contribution in [0.25, 0.3) is 0 Å². The average molecular weight is 644 g/mol. The Hall–Kier alpha value is 1.37. The third kappa shape index (κ3) is 11.1. The third-order valence-corrected chi connectivity index (χ3v) is 5.62. The predicted molar refractivity (Wildman–Crippen MR) is 127 cm³/mol. The Labute approximate surface area is 214 Å². The second-order valence-corrected chi connectivity index (χ2v) is 6.25. The van der Waals surface area contributed by atoms with Crippen LogP contribution in [-0.2, 0) is 34.6 Å². The van der Waals surface area contributed by atoms with Crippen molar-refractivity contribution < 1.29 is 34.6 Å². The van der Waals surface area contributed by atoms with Crippen molar-refractivity contribution in [1.82, 2.24) is 0 Å². The molecule has 28 heavy (non-hydrogen) atoms. The summed E-state index contributed by atoms with van der Waals surface area (Å²) >= 11 is 12.9. The van der Waals surface area contributed by atoms with Crippen LogP contribution in [0.5, 0.6) is 0 Å². The molecule has 0 heterocycles. The number of alkyl halides is 2. The number of rotatable bonds is 0. The quantitative estimate of drug-likeness (QED) is 0.182. The molecule has 2 aliphatic rings. The Balaban J connectivity index is -0.000000152. The number of allylic oxidation sites excluding steroid dienone is 8. The number of hydrogen-bond acceptors (Lipinski definition) is 0.